The summed E-state index contributed by atoms with van der Waals surface area (Å²) in [5.41, 5.74) is 2.94. The Bertz CT molecular complexity index is 1380. The summed E-state index contributed by atoms with van der Waals surface area (Å²) in [6.45, 7) is 7.48. The molecule has 2 amide bonds. The van der Waals surface area contributed by atoms with Gasteiger partial charge in [-0.05, 0) is 57.0 Å². The van der Waals surface area contributed by atoms with Crippen molar-refractivity contribution in [2.75, 3.05) is 17.4 Å². The zero-order valence-corrected chi connectivity index (χ0v) is 23.7. The summed E-state index contributed by atoms with van der Waals surface area (Å²) in [5.74, 6) is -0.804. The largest absolute Gasteiger partial charge is 0.355 e. The minimum atomic E-state index is -4.16. The Morgan fingerprint density at radius 2 is 1.61 bits per heavy atom. The molecular weight excluding hydrogens is 522 g/mol. The number of nitrogens with zero attached hydrogens (tertiary/aromatic N) is 2. The van der Waals surface area contributed by atoms with Crippen LogP contribution in [-0.2, 0) is 26.2 Å². The van der Waals surface area contributed by atoms with Gasteiger partial charge in [-0.25, -0.2) is 8.42 Å². The van der Waals surface area contributed by atoms with Crippen LogP contribution in [0.1, 0.15) is 37.0 Å². The third kappa shape index (κ3) is 6.94. The second-order valence-electron chi connectivity index (χ2n) is 9.11. The monoisotopic (exact) mass is 555 g/mol. The second-order valence-corrected chi connectivity index (χ2v) is 11.4. The predicted molar refractivity (Wildman–Crippen MR) is 152 cm³/mol. The van der Waals surface area contributed by atoms with E-state index < -0.39 is 28.5 Å². The Balaban J connectivity index is 2.07. The highest BCUT2D eigenvalue weighted by Crippen LogP contribution is 2.31. The Morgan fingerprint density at radius 3 is 2.21 bits per heavy atom. The van der Waals surface area contributed by atoms with E-state index in [2.05, 4.69) is 5.32 Å². The van der Waals surface area contributed by atoms with E-state index in [1.165, 1.54) is 17.0 Å². The number of halogens is 1. The van der Waals surface area contributed by atoms with Crippen LogP contribution in [0.25, 0.3) is 0 Å². The summed E-state index contributed by atoms with van der Waals surface area (Å²) in [5, 5.41) is 2.99. The summed E-state index contributed by atoms with van der Waals surface area (Å²) in [4.78, 5) is 28.4. The third-order valence-electron chi connectivity index (χ3n) is 6.18. The van der Waals surface area contributed by atoms with Gasteiger partial charge in [0.25, 0.3) is 10.0 Å². The molecule has 0 saturated heterocycles. The van der Waals surface area contributed by atoms with Crippen molar-refractivity contribution >= 4 is 39.1 Å². The first-order valence-corrected chi connectivity index (χ1v) is 14.4. The Labute approximate surface area is 230 Å². The van der Waals surface area contributed by atoms with Crippen molar-refractivity contribution < 1.29 is 18.0 Å². The number of hydrogen-bond donors (Lipinski definition) is 1. The van der Waals surface area contributed by atoms with E-state index >= 15 is 0 Å². The molecule has 0 bridgehead atoms. The SMILES string of the molecule is CCNC(=O)[C@@H](CC)N(Cc1cccc(C)c1)C(=O)CN(c1ccccc1Cl)S(=O)(=O)c1ccc(C)cc1. The molecule has 0 aliphatic rings. The van der Waals surface area contributed by atoms with E-state index in [4.69, 9.17) is 11.6 Å². The number of para-hydroxylation sites is 1. The van der Waals surface area contributed by atoms with Crippen LogP contribution >= 0.6 is 11.6 Å². The molecular formula is C29H34ClN3O4S. The molecule has 1 atom stereocenters. The van der Waals surface area contributed by atoms with Crippen LogP contribution in [0.3, 0.4) is 0 Å². The molecule has 3 aromatic carbocycles. The van der Waals surface area contributed by atoms with Crippen LogP contribution in [0.4, 0.5) is 5.69 Å². The van der Waals surface area contributed by atoms with Crippen LogP contribution in [-0.4, -0.2) is 44.3 Å². The maximum atomic E-state index is 14.0. The highest BCUT2D eigenvalue weighted by Gasteiger charge is 2.34. The molecule has 0 aromatic heterocycles. The van der Waals surface area contributed by atoms with E-state index in [1.807, 2.05) is 52.0 Å². The number of carbonyl (C=O) groups is 2. The minimum absolute atomic E-state index is 0.0387. The molecule has 0 spiro atoms. The van der Waals surface area contributed by atoms with Crippen molar-refractivity contribution in [3.63, 3.8) is 0 Å². The summed E-state index contributed by atoms with van der Waals surface area (Å²) in [7, 11) is -4.16. The molecule has 7 nitrogen and oxygen atoms in total. The lowest BCUT2D eigenvalue weighted by atomic mass is 10.1. The zero-order valence-electron chi connectivity index (χ0n) is 22.1. The van der Waals surface area contributed by atoms with Crippen LogP contribution in [0.2, 0.25) is 5.02 Å². The van der Waals surface area contributed by atoms with Gasteiger partial charge in [0.15, 0.2) is 0 Å². The van der Waals surface area contributed by atoms with Crippen molar-refractivity contribution in [2.24, 2.45) is 0 Å². The molecule has 0 aliphatic heterocycles. The molecule has 0 saturated carbocycles. The van der Waals surface area contributed by atoms with Crippen LogP contribution in [0.15, 0.2) is 77.7 Å². The first kappa shape index (κ1) is 29.2. The first-order chi connectivity index (χ1) is 18.1. The molecule has 1 N–H and O–H groups in total. The summed E-state index contributed by atoms with van der Waals surface area (Å²) in [6, 6.07) is 19.8. The zero-order chi connectivity index (χ0) is 27.9. The molecule has 3 aromatic rings. The Kier molecular flexibility index (Phi) is 9.94. The second kappa shape index (κ2) is 12.9. The molecule has 3 rings (SSSR count). The van der Waals surface area contributed by atoms with Crippen LogP contribution < -0.4 is 9.62 Å². The first-order valence-electron chi connectivity index (χ1n) is 12.5. The number of amides is 2. The van der Waals surface area contributed by atoms with Gasteiger partial charge in [-0.15, -0.1) is 0 Å². The molecule has 0 radical (unpaired) electrons. The van der Waals surface area contributed by atoms with Gasteiger partial charge in [-0.1, -0.05) is 78.2 Å². The van der Waals surface area contributed by atoms with E-state index in [-0.39, 0.29) is 28.1 Å². The van der Waals surface area contributed by atoms with Crippen molar-refractivity contribution in [1.29, 1.82) is 0 Å². The van der Waals surface area contributed by atoms with Gasteiger partial charge in [-0.2, -0.15) is 0 Å². The number of rotatable bonds is 11. The normalized spacial score (nSPS) is 12.0. The standard InChI is InChI=1S/C29H34ClN3O4S/c1-5-26(29(35)31-6-2)32(19-23-11-9-10-22(4)18-23)28(34)20-33(27-13-8-7-12-25(27)30)38(36,37)24-16-14-21(3)15-17-24/h7-18,26H,5-6,19-20H2,1-4H3,(H,31,35)/t26-/m1/s1. The summed E-state index contributed by atoms with van der Waals surface area (Å²) < 4.78 is 28.7. The van der Waals surface area contributed by atoms with Crippen molar-refractivity contribution in [1.82, 2.24) is 10.2 Å². The quantitative estimate of drug-likeness (QED) is 0.357. The average molecular weight is 556 g/mol. The van der Waals surface area contributed by atoms with Crippen molar-refractivity contribution in [3.05, 3.63) is 94.5 Å². The number of hydrogen-bond acceptors (Lipinski definition) is 4. The lowest BCUT2D eigenvalue weighted by molar-refractivity contribution is -0.140. The molecule has 202 valence electrons. The molecule has 0 unspecified atom stereocenters. The van der Waals surface area contributed by atoms with Gasteiger partial charge in [0.2, 0.25) is 11.8 Å². The summed E-state index contributed by atoms with van der Waals surface area (Å²) >= 11 is 6.43. The lowest BCUT2D eigenvalue weighted by Crippen LogP contribution is -2.52. The van der Waals surface area contributed by atoms with Crippen LogP contribution in [0.5, 0.6) is 0 Å². The van der Waals surface area contributed by atoms with Gasteiger partial charge < -0.3 is 10.2 Å². The number of benzene rings is 3. The molecule has 0 aliphatic carbocycles. The van der Waals surface area contributed by atoms with Gasteiger partial charge in [-0.3, -0.25) is 13.9 Å². The van der Waals surface area contributed by atoms with Gasteiger partial charge in [0.1, 0.15) is 12.6 Å². The minimum Gasteiger partial charge on any atom is -0.355 e. The number of sulfonamides is 1. The molecule has 0 fully saturated rings. The highest BCUT2D eigenvalue weighted by molar-refractivity contribution is 7.92. The van der Waals surface area contributed by atoms with Gasteiger partial charge in [0, 0.05) is 13.1 Å². The number of carbonyl (C=O) groups excluding carboxylic acids is 2. The Hall–Kier alpha value is -3.36. The van der Waals surface area contributed by atoms with E-state index in [1.54, 1.807) is 36.4 Å². The lowest BCUT2D eigenvalue weighted by Gasteiger charge is -2.33. The number of anilines is 1. The fourth-order valence-electron chi connectivity index (χ4n) is 4.22. The fourth-order valence-corrected chi connectivity index (χ4v) is 5.94. The molecule has 38 heavy (non-hydrogen) atoms. The molecule has 0 heterocycles. The topological polar surface area (TPSA) is 86.8 Å². The maximum Gasteiger partial charge on any atom is 0.264 e. The number of nitrogens with one attached hydrogen (secondary N) is 1. The maximum absolute atomic E-state index is 14.0. The predicted octanol–water partition coefficient (Wildman–Crippen LogP) is 5.10. The third-order valence-corrected chi connectivity index (χ3v) is 8.27. The van der Waals surface area contributed by atoms with Gasteiger partial charge in [0.05, 0.1) is 15.6 Å². The average Bonchev–Trinajstić information content (AvgIpc) is 2.88. The fraction of sp³-hybridized carbons (Fsp3) is 0.310. The van der Waals surface area contributed by atoms with Crippen molar-refractivity contribution in [3.8, 4) is 0 Å². The van der Waals surface area contributed by atoms with E-state index in [0.717, 1.165) is 21.0 Å². The summed E-state index contributed by atoms with van der Waals surface area (Å²) in [6.07, 6.45) is 0.361. The van der Waals surface area contributed by atoms with Crippen molar-refractivity contribution in [2.45, 2.75) is 51.6 Å². The van der Waals surface area contributed by atoms with E-state index in [0.29, 0.717) is 13.0 Å². The van der Waals surface area contributed by atoms with Crippen LogP contribution in [0, 0.1) is 13.8 Å². The van der Waals surface area contributed by atoms with Gasteiger partial charge >= 0.3 is 0 Å². The Morgan fingerprint density at radius 1 is 0.921 bits per heavy atom. The highest BCUT2D eigenvalue weighted by atomic mass is 35.5. The molecule has 9 heteroatoms. The van der Waals surface area contributed by atoms with E-state index in [9.17, 15) is 18.0 Å². The smallest absolute Gasteiger partial charge is 0.264 e. The number of aryl methyl sites for hydroxylation is 2. The number of likely N-dealkylation sites (N-methyl/N-ethyl adjacent to an activating group) is 1.